The number of unbranched alkanes of at least 4 members (excludes halogenated alkanes) is 2. The summed E-state index contributed by atoms with van der Waals surface area (Å²) in [5.74, 6) is 0.639. The van der Waals surface area contributed by atoms with E-state index in [0.717, 1.165) is 48.1 Å². The minimum absolute atomic E-state index is 0.0384. The number of carbonyl (C=O) groups is 1. The van der Waals surface area contributed by atoms with E-state index < -0.39 is 0 Å². The zero-order valence-electron chi connectivity index (χ0n) is 16.4. The number of nitrogens with two attached hydrogens (primary N) is 1. The van der Waals surface area contributed by atoms with Crippen molar-refractivity contribution in [3.05, 3.63) is 27.7 Å². The number of carbonyl (C=O) groups excluding carboxylic acids is 1. The Morgan fingerprint density at radius 1 is 1.26 bits per heavy atom. The molecule has 6 heteroatoms. The molecule has 0 heterocycles. The van der Waals surface area contributed by atoms with Gasteiger partial charge >= 0.3 is 0 Å². The number of benzene rings is 1. The number of nitrogens with zero attached hydrogens (tertiary/aromatic N) is 1. The Kier molecular flexibility index (Phi) is 9.94. The van der Waals surface area contributed by atoms with E-state index in [2.05, 4.69) is 33.1 Å². The zero-order valence-corrected chi connectivity index (χ0v) is 18.7. The first-order valence-electron chi connectivity index (χ1n) is 10.2. The molecular weight excluding hydrogens is 426 g/mol. The van der Waals surface area contributed by atoms with E-state index in [4.69, 9.17) is 17.3 Å². The SMILES string of the molecule is CCN(Cc1cc(C(=O)NCCCCCCl)cc(Br)c1N)C1CCCCC1. The van der Waals surface area contributed by atoms with Crippen molar-refractivity contribution in [2.24, 2.45) is 0 Å². The molecule has 0 aromatic heterocycles. The van der Waals surface area contributed by atoms with E-state index in [-0.39, 0.29) is 5.91 Å². The lowest BCUT2D eigenvalue weighted by Crippen LogP contribution is -2.36. The van der Waals surface area contributed by atoms with Gasteiger partial charge in [0, 0.05) is 35.0 Å². The minimum Gasteiger partial charge on any atom is -0.398 e. The van der Waals surface area contributed by atoms with E-state index in [1.807, 2.05) is 12.1 Å². The van der Waals surface area contributed by atoms with Gasteiger partial charge in [-0.05, 0) is 65.9 Å². The molecule has 2 rings (SSSR count). The molecule has 1 aliphatic rings. The van der Waals surface area contributed by atoms with Crippen molar-refractivity contribution in [3.63, 3.8) is 0 Å². The third-order valence-electron chi connectivity index (χ3n) is 5.44. The number of hydrogen-bond donors (Lipinski definition) is 2. The molecule has 1 amide bonds. The topological polar surface area (TPSA) is 58.4 Å². The molecule has 0 aliphatic heterocycles. The molecular formula is C21H33BrClN3O. The average Bonchev–Trinajstić information content (AvgIpc) is 2.69. The molecule has 1 aromatic carbocycles. The van der Waals surface area contributed by atoms with Gasteiger partial charge in [-0.1, -0.05) is 32.6 Å². The van der Waals surface area contributed by atoms with Crippen LogP contribution >= 0.6 is 27.5 Å². The lowest BCUT2D eigenvalue weighted by atomic mass is 9.93. The summed E-state index contributed by atoms with van der Waals surface area (Å²) in [5.41, 5.74) is 8.76. The summed E-state index contributed by atoms with van der Waals surface area (Å²) in [4.78, 5) is 15.0. The number of alkyl halides is 1. The molecule has 0 unspecified atom stereocenters. The van der Waals surface area contributed by atoms with Gasteiger partial charge in [-0.3, -0.25) is 9.69 Å². The number of halogens is 2. The normalized spacial score (nSPS) is 15.3. The third kappa shape index (κ3) is 6.95. The Morgan fingerprint density at radius 2 is 2.00 bits per heavy atom. The second kappa shape index (κ2) is 11.9. The van der Waals surface area contributed by atoms with Crippen LogP contribution in [0, 0.1) is 0 Å². The van der Waals surface area contributed by atoms with Crippen LogP contribution in [0.3, 0.4) is 0 Å². The van der Waals surface area contributed by atoms with Crippen LogP contribution in [-0.2, 0) is 6.54 Å². The second-order valence-electron chi connectivity index (χ2n) is 7.39. The lowest BCUT2D eigenvalue weighted by Gasteiger charge is -2.34. The van der Waals surface area contributed by atoms with Crippen LogP contribution in [0.4, 0.5) is 5.69 Å². The molecule has 0 spiro atoms. The summed E-state index contributed by atoms with van der Waals surface area (Å²) in [7, 11) is 0. The maximum Gasteiger partial charge on any atom is 0.251 e. The van der Waals surface area contributed by atoms with Crippen molar-refractivity contribution in [2.45, 2.75) is 70.9 Å². The highest BCUT2D eigenvalue weighted by Gasteiger charge is 2.21. The number of anilines is 1. The van der Waals surface area contributed by atoms with E-state index in [1.165, 1.54) is 32.1 Å². The van der Waals surface area contributed by atoms with Crippen molar-refractivity contribution >= 4 is 39.1 Å². The van der Waals surface area contributed by atoms with Crippen molar-refractivity contribution < 1.29 is 4.79 Å². The van der Waals surface area contributed by atoms with Crippen LogP contribution in [0.5, 0.6) is 0 Å². The van der Waals surface area contributed by atoms with Gasteiger partial charge in [0.15, 0.2) is 0 Å². The number of nitrogen functional groups attached to an aromatic ring is 1. The molecule has 4 nitrogen and oxygen atoms in total. The highest BCUT2D eigenvalue weighted by Crippen LogP contribution is 2.29. The smallest absolute Gasteiger partial charge is 0.251 e. The van der Waals surface area contributed by atoms with Gasteiger partial charge in [-0.25, -0.2) is 0 Å². The zero-order chi connectivity index (χ0) is 19.6. The molecule has 0 atom stereocenters. The predicted molar refractivity (Wildman–Crippen MR) is 118 cm³/mol. The summed E-state index contributed by atoms with van der Waals surface area (Å²) < 4.78 is 0.798. The maximum absolute atomic E-state index is 12.5. The fraction of sp³-hybridized carbons (Fsp3) is 0.667. The van der Waals surface area contributed by atoms with Gasteiger partial charge in [0.25, 0.3) is 5.91 Å². The number of rotatable bonds is 10. The Labute approximate surface area is 177 Å². The quantitative estimate of drug-likeness (QED) is 0.283. The monoisotopic (exact) mass is 457 g/mol. The molecule has 27 heavy (non-hydrogen) atoms. The van der Waals surface area contributed by atoms with Gasteiger partial charge < -0.3 is 11.1 Å². The van der Waals surface area contributed by atoms with Crippen LogP contribution in [0.2, 0.25) is 0 Å². The van der Waals surface area contributed by atoms with E-state index in [0.29, 0.717) is 24.0 Å². The summed E-state index contributed by atoms with van der Waals surface area (Å²) >= 11 is 9.23. The lowest BCUT2D eigenvalue weighted by molar-refractivity contribution is 0.0952. The molecule has 0 saturated heterocycles. The number of hydrogen-bond acceptors (Lipinski definition) is 3. The maximum atomic E-state index is 12.5. The van der Waals surface area contributed by atoms with E-state index in [9.17, 15) is 4.79 Å². The third-order valence-corrected chi connectivity index (χ3v) is 6.37. The van der Waals surface area contributed by atoms with Gasteiger partial charge in [0.05, 0.1) is 5.69 Å². The van der Waals surface area contributed by atoms with Crippen molar-refractivity contribution in [3.8, 4) is 0 Å². The fourth-order valence-electron chi connectivity index (χ4n) is 3.80. The first-order valence-corrected chi connectivity index (χ1v) is 11.6. The second-order valence-corrected chi connectivity index (χ2v) is 8.62. The van der Waals surface area contributed by atoms with Crippen LogP contribution in [0.15, 0.2) is 16.6 Å². The molecule has 152 valence electrons. The molecule has 1 saturated carbocycles. The highest BCUT2D eigenvalue weighted by molar-refractivity contribution is 9.10. The van der Waals surface area contributed by atoms with Crippen LogP contribution in [0.1, 0.15) is 74.2 Å². The number of nitrogens with one attached hydrogen (secondary N) is 1. The molecule has 1 aromatic rings. The molecule has 1 fully saturated rings. The molecule has 3 N–H and O–H groups in total. The van der Waals surface area contributed by atoms with Gasteiger partial charge in [0.1, 0.15) is 0 Å². The predicted octanol–water partition coefficient (Wildman–Crippen LogP) is 5.32. The standard InChI is InChI=1S/C21H33BrClN3O/c1-2-26(18-9-5-3-6-10-18)15-17-13-16(14-19(22)20(17)24)21(27)25-12-8-4-7-11-23/h13-14,18H,2-12,15,24H2,1H3,(H,25,27). The van der Waals surface area contributed by atoms with Crippen molar-refractivity contribution in [2.75, 3.05) is 24.7 Å². The summed E-state index contributed by atoms with van der Waals surface area (Å²) in [6, 6.07) is 4.41. The fourth-order valence-corrected chi connectivity index (χ4v) is 4.49. The largest absolute Gasteiger partial charge is 0.398 e. The molecule has 1 aliphatic carbocycles. The van der Waals surface area contributed by atoms with Gasteiger partial charge in [0.2, 0.25) is 0 Å². The van der Waals surface area contributed by atoms with E-state index >= 15 is 0 Å². The highest BCUT2D eigenvalue weighted by atomic mass is 79.9. The summed E-state index contributed by atoms with van der Waals surface area (Å²) in [5, 5.41) is 3.01. The number of amides is 1. The Bertz CT molecular complexity index is 605. The van der Waals surface area contributed by atoms with Crippen molar-refractivity contribution in [1.29, 1.82) is 0 Å². The Balaban J connectivity index is 2.04. The Morgan fingerprint density at radius 3 is 2.67 bits per heavy atom. The van der Waals surface area contributed by atoms with Crippen LogP contribution < -0.4 is 11.1 Å². The van der Waals surface area contributed by atoms with Crippen LogP contribution in [-0.4, -0.2) is 35.8 Å². The minimum atomic E-state index is -0.0384. The first kappa shape index (κ1) is 22.5. The Hall–Kier alpha value is -0.780. The van der Waals surface area contributed by atoms with Crippen molar-refractivity contribution in [1.82, 2.24) is 10.2 Å². The summed E-state index contributed by atoms with van der Waals surface area (Å²) in [6.45, 7) is 4.68. The first-order chi connectivity index (χ1) is 13.1. The van der Waals surface area contributed by atoms with Crippen LogP contribution in [0.25, 0.3) is 0 Å². The van der Waals surface area contributed by atoms with Gasteiger partial charge in [-0.15, -0.1) is 11.6 Å². The van der Waals surface area contributed by atoms with Gasteiger partial charge in [-0.2, -0.15) is 0 Å². The van der Waals surface area contributed by atoms with E-state index in [1.54, 1.807) is 0 Å². The molecule has 0 radical (unpaired) electrons. The average molecular weight is 459 g/mol. The molecule has 0 bridgehead atoms. The summed E-state index contributed by atoms with van der Waals surface area (Å²) in [6.07, 6.45) is 9.47.